The summed E-state index contributed by atoms with van der Waals surface area (Å²) in [4.78, 5) is 14.7. The SMILES string of the molecule is CC1CCN(CCNC2=CC=C(NC(=O)C#Cc3ccc(C(F)(F)F)cc3Cl)CC=C2Cl)CC1. The Bertz CT molecular complexity index is 1060. The second kappa shape index (κ2) is 11.8. The lowest BCUT2D eigenvalue weighted by molar-refractivity contribution is -0.137. The number of rotatable bonds is 5. The van der Waals surface area contributed by atoms with E-state index in [0.717, 1.165) is 56.0 Å². The second-order valence-corrected chi connectivity index (χ2v) is 9.19. The van der Waals surface area contributed by atoms with Crippen LogP contribution in [0.25, 0.3) is 0 Å². The van der Waals surface area contributed by atoms with Gasteiger partial charge in [0.2, 0.25) is 0 Å². The summed E-state index contributed by atoms with van der Waals surface area (Å²) < 4.78 is 38.2. The van der Waals surface area contributed by atoms with E-state index in [4.69, 9.17) is 23.2 Å². The highest BCUT2D eigenvalue weighted by molar-refractivity contribution is 6.32. The number of likely N-dealkylation sites (tertiary alicyclic amines) is 1. The second-order valence-electron chi connectivity index (χ2n) is 8.38. The summed E-state index contributed by atoms with van der Waals surface area (Å²) in [6, 6.07) is 2.80. The molecule has 0 spiro atoms. The molecule has 182 valence electrons. The van der Waals surface area contributed by atoms with Gasteiger partial charge in [0.15, 0.2) is 0 Å². The highest BCUT2D eigenvalue weighted by Crippen LogP contribution is 2.31. The van der Waals surface area contributed by atoms with Crippen molar-refractivity contribution in [1.29, 1.82) is 0 Å². The van der Waals surface area contributed by atoms with Gasteiger partial charge >= 0.3 is 6.18 Å². The van der Waals surface area contributed by atoms with E-state index in [1.165, 1.54) is 12.8 Å². The van der Waals surface area contributed by atoms with E-state index < -0.39 is 17.6 Å². The number of nitrogens with one attached hydrogen (secondary N) is 2. The van der Waals surface area contributed by atoms with Crippen molar-refractivity contribution < 1.29 is 18.0 Å². The van der Waals surface area contributed by atoms with Crippen LogP contribution in [-0.4, -0.2) is 37.0 Å². The Kier molecular flexibility index (Phi) is 9.12. The molecule has 0 bridgehead atoms. The minimum atomic E-state index is -4.50. The Morgan fingerprint density at radius 2 is 1.94 bits per heavy atom. The normalized spacial score (nSPS) is 17.5. The number of alkyl halides is 3. The Morgan fingerprint density at radius 1 is 1.21 bits per heavy atom. The van der Waals surface area contributed by atoms with Crippen molar-refractivity contribution in [3.63, 3.8) is 0 Å². The number of nitrogens with zero attached hydrogens (tertiary/aromatic N) is 1. The minimum absolute atomic E-state index is 0.136. The predicted molar refractivity (Wildman–Crippen MR) is 129 cm³/mol. The highest BCUT2D eigenvalue weighted by Gasteiger charge is 2.30. The van der Waals surface area contributed by atoms with Crippen LogP contribution in [-0.2, 0) is 11.0 Å². The first-order valence-electron chi connectivity index (χ1n) is 11.0. The predicted octanol–water partition coefficient (Wildman–Crippen LogP) is 5.44. The summed E-state index contributed by atoms with van der Waals surface area (Å²) >= 11 is 12.3. The maximum absolute atomic E-state index is 12.7. The van der Waals surface area contributed by atoms with E-state index in [1.54, 1.807) is 18.2 Å². The number of carbonyl (C=O) groups is 1. The number of hydrogen-bond acceptors (Lipinski definition) is 3. The average Bonchev–Trinajstić information content (AvgIpc) is 2.95. The maximum Gasteiger partial charge on any atom is 0.416 e. The Labute approximate surface area is 207 Å². The van der Waals surface area contributed by atoms with Crippen molar-refractivity contribution in [2.75, 3.05) is 26.2 Å². The zero-order valence-electron chi connectivity index (χ0n) is 18.7. The lowest BCUT2D eigenvalue weighted by Gasteiger charge is -2.30. The van der Waals surface area contributed by atoms with Gasteiger partial charge in [0, 0.05) is 36.7 Å². The molecule has 0 unspecified atom stereocenters. The molecule has 1 aliphatic carbocycles. The van der Waals surface area contributed by atoms with Crippen LogP contribution in [0.15, 0.2) is 52.9 Å². The van der Waals surface area contributed by atoms with Crippen LogP contribution in [0.5, 0.6) is 0 Å². The van der Waals surface area contributed by atoms with Crippen molar-refractivity contribution in [2.45, 2.75) is 32.4 Å². The molecule has 1 aromatic carbocycles. The van der Waals surface area contributed by atoms with Crippen LogP contribution < -0.4 is 10.6 Å². The number of benzene rings is 1. The van der Waals surface area contributed by atoms with Gasteiger partial charge < -0.3 is 15.5 Å². The molecule has 4 nitrogen and oxygen atoms in total. The monoisotopic (exact) mass is 511 g/mol. The van der Waals surface area contributed by atoms with Crippen LogP contribution in [0.3, 0.4) is 0 Å². The average molecular weight is 512 g/mol. The molecule has 0 atom stereocenters. The smallest absolute Gasteiger partial charge is 0.383 e. The van der Waals surface area contributed by atoms with E-state index in [1.807, 2.05) is 0 Å². The van der Waals surface area contributed by atoms with E-state index in [0.29, 0.717) is 17.2 Å². The molecule has 1 fully saturated rings. The molecule has 0 radical (unpaired) electrons. The van der Waals surface area contributed by atoms with Gasteiger partial charge in [-0.15, -0.1) is 0 Å². The molecule has 1 aromatic rings. The van der Waals surface area contributed by atoms with Crippen LogP contribution in [0.1, 0.15) is 37.3 Å². The van der Waals surface area contributed by atoms with Gasteiger partial charge in [-0.05, 0) is 62.2 Å². The van der Waals surface area contributed by atoms with Gasteiger partial charge in [0.05, 0.1) is 21.3 Å². The van der Waals surface area contributed by atoms with Crippen LogP contribution >= 0.6 is 23.2 Å². The number of allylic oxidation sites excluding steroid dienone is 4. The first kappa shape index (κ1) is 26.2. The van der Waals surface area contributed by atoms with Gasteiger partial charge in [-0.25, -0.2) is 0 Å². The maximum atomic E-state index is 12.7. The summed E-state index contributed by atoms with van der Waals surface area (Å²) in [7, 11) is 0. The number of piperidine rings is 1. The third kappa shape index (κ3) is 7.83. The number of halogens is 5. The number of carbonyl (C=O) groups excluding carboxylic acids is 1. The molecule has 9 heteroatoms. The van der Waals surface area contributed by atoms with Gasteiger partial charge in [0.25, 0.3) is 5.91 Å². The van der Waals surface area contributed by atoms with Crippen molar-refractivity contribution in [1.82, 2.24) is 15.5 Å². The van der Waals surface area contributed by atoms with Gasteiger partial charge in [0.1, 0.15) is 0 Å². The molecular weight excluding hydrogens is 486 g/mol. The lowest BCUT2D eigenvalue weighted by atomic mass is 9.99. The molecule has 2 aliphatic rings. The molecule has 34 heavy (non-hydrogen) atoms. The fourth-order valence-electron chi connectivity index (χ4n) is 3.61. The fraction of sp³-hybridized carbons (Fsp3) is 0.400. The Hall–Kier alpha value is -2.40. The molecule has 1 saturated heterocycles. The molecule has 1 aliphatic heterocycles. The van der Waals surface area contributed by atoms with Crippen LogP contribution in [0.4, 0.5) is 13.2 Å². The summed E-state index contributed by atoms with van der Waals surface area (Å²) in [6.45, 7) is 6.21. The topological polar surface area (TPSA) is 44.4 Å². The molecule has 1 amide bonds. The molecular formula is C25H26Cl2F3N3O. The van der Waals surface area contributed by atoms with E-state index in [-0.39, 0.29) is 10.6 Å². The third-order valence-corrected chi connectivity index (χ3v) is 6.38. The highest BCUT2D eigenvalue weighted by atomic mass is 35.5. The first-order chi connectivity index (χ1) is 16.1. The van der Waals surface area contributed by atoms with Gasteiger partial charge in [-0.3, -0.25) is 4.79 Å². The lowest BCUT2D eigenvalue weighted by Crippen LogP contribution is -2.37. The summed E-state index contributed by atoms with van der Waals surface area (Å²) in [5, 5.41) is 6.42. The largest absolute Gasteiger partial charge is 0.416 e. The number of hydrogen-bond donors (Lipinski definition) is 2. The van der Waals surface area contributed by atoms with E-state index in [2.05, 4.69) is 34.3 Å². The van der Waals surface area contributed by atoms with Crippen molar-refractivity contribution in [2.24, 2.45) is 5.92 Å². The Balaban J connectivity index is 1.55. The molecule has 3 rings (SSSR count). The quantitative estimate of drug-likeness (QED) is 0.517. The zero-order valence-corrected chi connectivity index (χ0v) is 20.2. The fourth-order valence-corrected chi connectivity index (χ4v) is 4.04. The summed E-state index contributed by atoms with van der Waals surface area (Å²) in [5.41, 5.74) is 0.635. The molecule has 0 aromatic heterocycles. The zero-order chi connectivity index (χ0) is 24.7. The standard InChI is InChI=1S/C25H26Cl2F3N3O/c1-17-10-13-33(14-11-17)15-12-31-23-8-6-20(5-7-21(23)26)32-24(34)9-3-18-2-4-19(16-22(18)27)25(28,29)30/h2,4,6-8,16-17,31H,5,10-15H2,1H3,(H,32,34). The van der Waals surface area contributed by atoms with Crippen molar-refractivity contribution in [3.8, 4) is 11.8 Å². The van der Waals surface area contributed by atoms with Crippen LogP contribution in [0, 0.1) is 17.8 Å². The van der Waals surface area contributed by atoms with Crippen molar-refractivity contribution >= 4 is 29.1 Å². The Morgan fingerprint density at radius 3 is 2.62 bits per heavy atom. The third-order valence-electron chi connectivity index (χ3n) is 5.71. The first-order valence-corrected chi connectivity index (χ1v) is 11.8. The van der Waals surface area contributed by atoms with Crippen LogP contribution in [0.2, 0.25) is 5.02 Å². The molecule has 0 saturated carbocycles. The minimum Gasteiger partial charge on any atom is -0.383 e. The van der Waals surface area contributed by atoms with Crippen molar-refractivity contribution in [3.05, 3.63) is 69.0 Å². The molecule has 2 N–H and O–H groups in total. The van der Waals surface area contributed by atoms with E-state index >= 15 is 0 Å². The molecule has 1 heterocycles. The van der Waals surface area contributed by atoms with Gasteiger partial charge in [-0.1, -0.05) is 42.1 Å². The van der Waals surface area contributed by atoms with Gasteiger partial charge in [-0.2, -0.15) is 13.2 Å². The summed E-state index contributed by atoms with van der Waals surface area (Å²) in [6.07, 6.45) is 3.70. The number of amides is 1. The summed E-state index contributed by atoms with van der Waals surface area (Å²) in [5.74, 6) is 5.07. The van der Waals surface area contributed by atoms with E-state index in [9.17, 15) is 18.0 Å².